The lowest BCUT2D eigenvalue weighted by Gasteiger charge is -2.51. The van der Waals surface area contributed by atoms with E-state index in [1.165, 1.54) is 49.7 Å². The minimum atomic E-state index is -1.79. The Hall–Kier alpha value is -1.58. The van der Waals surface area contributed by atoms with E-state index in [0.29, 0.717) is 6.92 Å². The molecule has 0 aromatic heterocycles. The molecule has 0 radical (unpaired) electrons. The summed E-state index contributed by atoms with van der Waals surface area (Å²) in [6.07, 6.45) is 10.4. The second-order valence-electron chi connectivity index (χ2n) is 10.5. The minimum Gasteiger partial charge on any atom is -0.428 e. The molecule has 0 N–H and O–H groups in total. The molecule has 2 aliphatic heterocycles. The van der Waals surface area contributed by atoms with Gasteiger partial charge < -0.3 is 4.65 Å². The Labute approximate surface area is 185 Å². The molecule has 158 valence electrons. The van der Waals surface area contributed by atoms with Gasteiger partial charge in [-0.3, -0.25) is 0 Å². The number of hydrogen-bond acceptors (Lipinski definition) is 1. The SMILES string of the molecule is C=C[C@](c1ccccc1)([C@@H](OB1C2CCCC1CCC2)c1ccccc1)[Si](C)(C)C. The summed E-state index contributed by atoms with van der Waals surface area (Å²) in [4.78, 5) is 0. The summed E-state index contributed by atoms with van der Waals surface area (Å²) in [5.74, 6) is 1.45. The zero-order chi connectivity index (χ0) is 21.2. The van der Waals surface area contributed by atoms with Gasteiger partial charge in [0.05, 0.1) is 14.2 Å². The molecule has 2 atom stereocenters. The van der Waals surface area contributed by atoms with Gasteiger partial charge in [0.2, 0.25) is 0 Å². The molecule has 2 aromatic carbocycles. The first-order valence-corrected chi connectivity index (χ1v) is 15.4. The summed E-state index contributed by atoms with van der Waals surface area (Å²) in [6.45, 7) is 12.3. The van der Waals surface area contributed by atoms with Gasteiger partial charge in [0.15, 0.2) is 0 Å². The monoisotopic (exact) mass is 416 g/mol. The minimum absolute atomic E-state index is 0.0106. The van der Waals surface area contributed by atoms with E-state index in [4.69, 9.17) is 4.65 Å². The van der Waals surface area contributed by atoms with Crippen molar-refractivity contribution in [1.82, 2.24) is 0 Å². The first kappa shape index (κ1) is 21.6. The molecule has 30 heavy (non-hydrogen) atoms. The van der Waals surface area contributed by atoms with Crippen molar-refractivity contribution in [3.8, 4) is 0 Å². The lowest BCUT2D eigenvalue weighted by molar-refractivity contribution is 0.145. The Balaban J connectivity index is 1.84. The van der Waals surface area contributed by atoms with Crippen molar-refractivity contribution in [2.45, 2.75) is 80.9 Å². The highest BCUT2D eigenvalue weighted by molar-refractivity contribution is 6.79. The number of fused-ring (bicyclic) bond motifs is 2. The third-order valence-electron chi connectivity index (χ3n) is 7.85. The fourth-order valence-corrected chi connectivity index (χ4v) is 8.96. The van der Waals surface area contributed by atoms with Crippen LogP contribution in [0.15, 0.2) is 73.3 Å². The molecule has 0 aliphatic carbocycles. The zero-order valence-electron chi connectivity index (χ0n) is 19.0. The van der Waals surface area contributed by atoms with Crippen LogP contribution in [0.25, 0.3) is 0 Å². The average molecular weight is 416 g/mol. The van der Waals surface area contributed by atoms with Gasteiger partial charge in [-0.05, 0) is 22.8 Å². The predicted molar refractivity (Wildman–Crippen MR) is 133 cm³/mol. The van der Waals surface area contributed by atoms with Gasteiger partial charge in [0, 0.05) is 5.04 Å². The van der Waals surface area contributed by atoms with Gasteiger partial charge in [0.1, 0.15) is 0 Å². The number of benzene rings is 2. The Morgan fingerprint density at radius 3 is 1.87 bits per heavy atom. The van der Waals surface area contributed by atoms with Crippen molar-refractivity contribution in [2.75, 3.05) is 0 Å². The summed E-state index contributed by atoms with van der Waals surface area (Å²) in [5, 5.41) is -0.179. The maximum absolute atomic E-state index is 7.35. The molecule has 0 spiro atoms. The van der Waals surface area contributed by atoms with Gasteiger partial charge in [0.25, 0.3) is 6.92 Å². The van der Waals surface area contributed by atoms with Crippen LogP contribution < -0.4 is 0 Å². The van der Waals surface area contributed by atoms with E-state index in [1.54, 1.807) is 0 Å². The van der Waals surface area contributed by atoms with Crippen LogP contribution in [0.2, 0.25) is 31.3 Å². The summed E-state index contributed by atoms with van der Waals surface area (Å²) >= 11 is 0. The molecule has 2 aliphatic rings. The Kier molecular flexibility index (Phi) is 6.41. The maximum atomic E-state index is 7.35. The van der Waals surface area contributed by atoms with Crippen LogP contribution in [-0.2, 0) is 9.69 Å². The van der Waals surface area contributed by atoms with Gasteiger partial charge in [-0.2, -0.15) is 0 Å². The van der Waals surface area contributed by atoms with E-state index in [2.05, 4.69) is 93.0 Å². The third-order valence-corrected chi connectivity index (χ3v) is 11.1. The van der Waals surface area contributed by atoms with Gasteiger partial charge in [-0.1, -0.05) is 125 Å². The van der Waals surface area contributed by atoms with Crippen molar-refractivity contribution >= 4 is 15.0 Å². The zero-order valence-corrected chi connectivity index (χ0v) is 20.0. The quantitative estimate of drug-likeness (QED) is 0.330. The van der Waals surface area contributed by atoms with Crippen LogP contribution in [0.5, 0.6) is 0 Å². The van der Waals surface area contributed by atoms with Crippen molar-refractivity contribution in [3.05, 3.63) is 84.4 Å². The third kappa shape index (κ3) is 3.87. The van der Waals surface area contributed by atoms with Crippen LogP contribution in [-0.4, -0.2) is 15.0 Å². The fourth-order valence-electron chi connectivity index (χ4n) is 6.29. The molecule has 3 heteroatoms. The van der Waals surface area contributed by atoms with Gasteiger partial charge >= 0.3 is 0 Å². The maximum Gasteiger partial charge on any atom is 0.300 e. The summed E-state index contributed by atoms with van der Waals surface area (Å²) in [7, 11) is -1.79. The topological polar surface area (TPSA) is 9.23 Å². The van der Waals surface area contributed by atoms with Gasteiger partial charge in [-0.25, -0.2) is 0 Å². The molecule has 2 heterocycles. The van der Waals surface area contributed by atoms with Crippen LogP contribution in [0.4, 0.5) is 0 Å². The Morgan fingerprint density at radius 2 is 1.40 bits per heavy atom. The molecule has 0 amide bonds. The molecular formula is C27H37BOSi. The van der Waals surface area contributed by atoms with Gasteiger partial charge in [-0.15, -0.1) is 6.58 Å². The smallest absolute Gasteiger partial charge is 0.300 e. The molecule has 2 bridgehead atoms. The summed E-state index contributed by atoms with van der Waals surface area (Å²) in [6, 6.07) is 22.0. The Morgan fingerprint density at radius 1 is 0.900 bits per heavy atom. The molecule has 0 saturated carbocycles. The van der Waals surface area contributed by atoms with E-state index in [-0.39, 0.29) is 11.1 Å². The normalized spacial score (nSPS) is 24.7. The average Bonchev–Trinajstić information content (AvgIpc) is 2.74. The second kappa shape index (κ2) is 8.88. The molecule has 2 aromatic rings. The summed E-state index contributed by atoms with van der Waals surface area (Å²) in [5.41, 5.74) is 2.65. The standard InChI is InChI=1S/C27H37BOSi/c1-5-27(30(2,3)4,23-16-10-7-11-17-23)26(22-14-8-6-9-15-22)29-28-24-18-12-19-25(28)21-13-20-24/h5-11,14-17,24-26H,1,12-13,18-21H2,2-4H3/t24?,25?,26-,27-/m0/s1. The van der Waals surface area contributed by atoms with E-state index in [0.717, 1.165) is 11.6 Å². The molecule has 1 nitrogen and oxygen atoms in total. The molecule has 4 rings (SSSR count). The molecule has 2 saturated heterocycles. The molecular weight excluding hydrogens is 379 g/mol. The highest BCUT2D eigenvalue weighted by atomic mass is 28.3. The van der Waals surface area contributed by atoms with Crippen molar-refractivity contribution in [3.63, 3.8) is 0 Å². The van der Waals surface area contributed by atoms with Crippen molar-refractivity contribution < 1.29 is 4.65 Å². The van der Waals surface area contributed by atoms with E-state index < -0.39 is 8.07 Å². The van der Waals surface area contributed by atoms with E-state index >= 15 is 0 Å². The van der Waals surface area contributed by atoms with E-state index in [1.807, 2.05) is 0 Å². The van der Waals surface area contributed by atoms with Crippen LogP contribution in [0, 0.1) is 0 Å². The lowest BCUT2D eigenvalue weighted by Crippen LogP contribution is -2.54. The highest BCUT2D eigenvalue weighted by Crippen LogP contribution is 2.53. The largest absolute Gasteiger partial charge is 0.428 e. The fraction of sp³-hybridized carbons (Fsp3) is 0.481. The summed E-state index contributed by atoms with van der Waals surface area (Å²) < 4.78 is 7.35. The number of hydrogen-bond donors (Lipinski definition) is 0. The van der Waals surface area contributed by atoms with Crippen molar-refractivity contribution in [1.29, 1.82) is 0 Å². The first-order chi connectivity index (χ1) is 14.5. The Bertz CT molecular complexity index is 809. The van der Waals surface area contributed by atoms with Crippen LogP contribution in [0.1, 0.15) is 55.8 Å². The van der Waals surface area contributed by atoms with E-state index in [9.17, 15) is 0 Å². The van der Waals surface area contributed by atoms with Crippen LogP contribution in [0.3, 0.4) is 0 Å². The number of rotatable bonds is 7. The predicted octanol–water partition coefficient (Wildman–Crippen LogP) is 7.85. The molecule has 2 fully saturated rings. The van der Waals surface area contributed by atoms with Crippen LogP contribution >= 0.6 is 0 Å². The lowest BCUT2D eigenvalue weighted by atomic mass is 9.37. The second-order valence-corrected chi connectivity index (χ2v) is 15.8. The molecule has 0 unspecified atom stereocenters. The van der Waals surface area contributed by atoms with Crippen molar-refractivity contribution in [2.24, 2.45) is 0 Å². The first-order valence-electron chi connectivity index (χ1n) is 11.9. The highest BCUT2D eigenvalue weighted by Gasteiger charge is 2.52.